The molecular weight excluding hydrogens is 312 g/mol. The van der Waals surface area contributed by atoms with Crippen molar-refractivity contribution in [3.63, 3.8) is 0 Å². The minimum atomic E-state index is -0.0439. The molecule has 0 radical (unpaired) electrons. The minimum absolute atomic E-state index is 0.0439. The van der Waals surface area contributed by atoms with Gasteiger partial charge in [-0.15, -0.1) is 0 Å². The van der Waals surface area contributed by atoms with Gasteiger partial charge in [0.15, 0.2) is 5.11 Å². The van der Waals surface area contributed by atoms with Crippen LogP contribution in [-0.4, -0.2) is 5.11 Å². The van der Waals surface area contributed by atoms with Crippen molar-refractivity contribution in [2.45, 2.75) is 31.2 Å². The van der Waals surface area contributed by atoms with Crippen LogP contribution in [0.3, 0.4) is 0 Å². The number of halogens is 1. The molecule has 0 spiro atoms. The van der Waals surface area contributed by atoms with Crippen LogP contribution in [-0.2, 0) is 5.54 Å². The van der Waals surface area contributed by atoms with Crippen LogP contribution in [0.15, 0.2) is 54.6 Å². The van der Waals surface area contributed by atoms with Gasteiger partial charge in [0.25, 0.3) is 0 Å². The largest absolute Gasteiger partial charge is 0.353 e. The first-order chi connectivity index (χ1) is 10.7. The van der Waals surface area contributed by atoms with Crippen LogP contribution in [0.4, 0.5) is 5.69 Å². The third kappa shape index (κ3) is 3.42. The number of thiocarbonyl (C=S) groups is 1. The van der Waals surface area contributed by atoms with E-state index in [2.05, 4.69) is 41.0 Å². The Hall–Kier alpha value is -1.58. The molecule has 1 aliphatic carbocycles. The Balaban J connectivity index is 1.74. The van der Waals surface area contributed by atoms with E-state index < -0.39 is 0 Å². The molecule has 0 saturated heterocycles. The molecule has 2 nitrogen and oxygen atoms in total. The van der Waals surface area contributed by atoms with Gasteiger partial charge in [-0.1, -0.05) is 54.8 Å². The lowest BCUT2D eigenvalue weighted by atomic mass is 9.88. The number of rotatable bonds is 3. The molecule has 1 fully saturated rings. The maximum absolute atomic E-state index is 5.91. The fourth-order valence-electron chi connectivity index (χ4n) is 3.13. The Morgan fingerprint density at radius 2 is 1.59 bits per heavy atom. The summed E-state index contributed by atoms with van der Waals surface area (Å²) in [5.74, 6) is 0. The van der Waals surface area contributed by atoms with Gasteiger partial charge in [0.1, 0.15) is 0 Å². The first-order valence-corrected chi connectivity index (χ1v) is 8.37. The lowest BCUT2D eigenvalue weighted by molar-refractivity contribution is 0.408. The van der Waals surface area contributed by atoms with Crippen LogP contribution < -0.4 is 10.6 Å². The lowest BCUT2D eigenvalue weighted by Crippen LogP contribution is -2.45. The molecule has 2 N–H and O–H groups in total. The summed E-state index contributed by atoms with van der Waals surface area (Å²) in [6.45, 7) is 0. The standard InChI is InChI=1S/C18H19ClN2S/c19-15-8-10-16(11-9-15)20-17(22)21-18(12-4-5-13-18)14-6-2-1-3-7-14/h1-3,6-11H,4-5,12-13H2,(H2,20,21,22). The summed E-state index contributed by atoms with van der Waals surface area (Å²) in [6.07, 6.45) is 4.68. The molecule has 0 aromatic heterocycles. The predicted molar refractivity (Wildman–Crippen MR) is 97.4 cm³/mol. The summed E-state index contributed by atoms with van der Waals surface area (Å²) in [7, 11) is 0. The average Bonchev–Trinajstić information content (AvgIpc) is 3.00. The summed E-state index contributed by atoms with van der Waals surface area (Å²) < 4.78 is 0. The van der Waals surface area contributed by atoms with Crippen molar-refractivity contribution in [2.24, 2.45) is 0 Å². The molecule has 2 aromatic rings. The molecular formula is C18H19ClN2S. The predicted octanol–water partition coefficient (Wildman–Crippen LogP) is 5.10. The second kappa shape index (κ2) is 6.67. The first-order valence-electron chi connectivity index (χ1n) is 7.58. The lowest BCUT2D eigenvalue weighted by Gasteiger charge is -2.32. The van der Waals surface area contributed by atoms with Crippen molar-refractivity contribution in [3.05, 3.63) is 65.2 Å². The van der Waals surface area contributed by atoms with Crippen molar-refractivity contribution in [2.75, 3.05) is 5.32 Å². The second-order valence-electron chi connectivity index (χ2n) is 5.74. The van der Waals surface area contributed by atoms with Gasteiger partial charge in [0.2, 0.25) is 0 Å². The third-order valence-corrected chi connectivity index (χ3v) is 4.69. The zero-order chi connectivity index (χ0) is 15.4. The van der Waals surface area contributed by atoms with Crippen LogP contribution in [0.5, 0.6) is 0 Å². The van der Waals surface area contributed by atoms with E-state index in [0.29, 0.717) is 5.11 Å². The molecule has 0 amide bonds. The van der Waals surface area contributed by atoms with Crippen molar-refractivity contribution < 1.29 is 0 Å². The van der Waals surface area contributed by atoms with Crippen LogP contribution in [0.2, 0.25) is 5.02 Å². The van der Waals surface area contributed by atoms with E-state index in [1.165, 1.54) is 18.4 Å². The van der Waals surface area contributed by atoms with E-state index in [9.17, 15) is 0 Å². The molecule has 2 aromatic carbocycles. The first kappa shape index (κ1) is 15.3. The Morgan fingerprint density at radius 1 is 0.955 bits per heavy atom. The Kier molecular flexibility index (Phi) is 4.65. The van der Waals surface area contributed by atoms with E-state index in [1.54, 1.807) is 0 Å². The van der Waals surface area contributed by atoms with Gasteiger partial charge in [-0.25, -0.2) is 0 Å². The molecule has 4 heteroatoms. The van der Waals surface area contributed by atoms with Crippen molar-refractivity contribution in [3.8, 4) is 0 Å². The Bertz CT molecular complexity index is 634. The highest BCUT2D eigenvalue weighted by Crippen LogP contribution is 2.38. The minimum Gasteiger partial charge on any atom is -0.353 e. The van der Waals surface area contributed by atoms with Gasteiger partial charge >= 0.3 is 0 Å². The maximum atomic E-state index is 5.91. The zero-order valence-electron chi connectivity index (χ0n) is 12.3. The van der Waals surface area contributed by atoms with E-state index in [-0.39, 0.29) is 5.54 Å². The van der Waals surface area contributed by atoms with E-state index in [4.69, 9.17) is 23.8 Å². The quantitative estimate of drug-likeness (QED) is 0.766. The summed E-state index contributed by atoms with van der Waals surface area (Å²) in [5, 5.41) is 8.19. The highest BCUT2D eigenvalue weighted by molar-refractivity contribution is 7.80. The van der Waals surface area contributed by atoms with E-state index >= 15 is 0 Å². The summed E-state index contributed by atoms with van der Waals surface area (Å²) in [6, 6.07) is 18.2. The van der Waals surface area contributed by atoms with Crippen LogP contribution in [0.25, 0.3) is 0 Å². The topological polar surface area (TPSA) is 24.1 Å². The van der Waals surface area contributed by atoms with Crippen molar-refractivity contribution in [1.29, 1.82) is 0 Å². The molecule has 1 saturated carbocycles. The van der Waals surface area contributed by atoms with Gasteiger partial charge in [-0.2, -0.15) is 0 Å². The van der Waals surface area contributed by atoms with Gasteiger partial charge in [0, 0.05) is 10.7 Å². The number of hydrogen-bond acceptors (Lipinski definition) is 1. The number of anilines is 1. The Labute approximate surface area is 141 Å². The maximum Gasteiger partial charge on any atom is 0.171 e. The highest BCUT2D eigenvalue weighted by Gasteiger charge is 2.35. The average molecular weight is 331 g/mol. The summed E-state index contributed by atoms with van der Waals surface area (Å²) in [4.78, 5) is 0. The molecule has 0 aliphatic heterocycles. The molecule has 0 unspecified atom stereocenters. The molecule has 0 bridgehead atoms. The van der Waals surface area contributed by atoms with Gasteiger partial charge in [-0.05, 0) is 54.9 Å². The fourth-order valence-corrected chi connectivity index (χ4v) is 3.57. The SMILES string of the molecule is S=C(Nc1ccc(Cl)cc1)NC1(c2ccccc2)CCCC1. The van der Waals surface area contributed by atoms with E-state index in [1.807, 2.05) is 24.3 Å². The molecule has 0 atom stereocenters. The van der Waals surface area contributed by atoms with Crippen molar-refractivity contribution in [1.82, 2.24) is 5.32 Å². The Morgan fingerprint density at radius 3 is 2.23 bits per heavy atom. The number of nitrogens with one attached hydrogen (secondary N) is 2. The summed E-state index contributed by atoms with van der Waals surface area (Å²) in [5.41, 5.74) is 2.22. The highest BCUT2D eigenvalue weighted by atomic mass is 35.5. The van der Waals surface area contributed by atoms with Gasteiger partial charge < -0.3 is 10.6 Å². The normalized spacial score (nSPS) is 16.2. The monoisotopic (exact) mass is 330 g/mol. The van der Waals surface area contributed by atoms with Gasteiger partial charge in [0.05, 0.1) is 5.54 Å². The summed E-state index contributed by atoms with van der Waals surface area (Å²) >= 11 is 11.4. The molecule has 1 aliphatic rings. The van der Waals surface area contributed by atoms with Gasteiger partial charge in [-0.3, -0.25) is 0 Å². The second-order valence-corrected chi connectivity index (χ2v) is 6.59. The van der Waals surface area contributed by atoms with Crippen molar-refractivity contribution >= 4 is 34.6 Å². The van der Waals surface area contributed by atoms with Crippen LogP contribution in [0.1, 0.15) is 31.2 Å². The fraction of sp³-hybridized carbons (Fsp3) is 0.278. The molecule has 0 heterocycles. The molecule has 114 valence electrons. The zero-order valence-corrected chi connectivity index (χ0v) is 13.9. The van der Waals surface area contributed by atoms with E-state index in [0.717, 1.165) is 23.6 Å². The smallest absolute Gasteiger partial charge is 0.171 e. The molecule has 3 rings (SSSR count). The van der Waals surface area contributed by atoms with Crippen LogP contribution in [0, 0.1) is 0 Å². The number of hydrogen-bond donors (Lipinski definition) is 2. The third-order valence-electron chi connectivity index (χ3n) is 4.24. The number of benzene rings is 2. The van der Waals surface area contributed by atoms with Crippen LogP contribution >= 0.6 is 23.8 Å². The molecule has 22 heavy (non-hydrogen) atoms.